The first-order valence-electron chi connectivity index (χ1n) is 7.66. The summed E-state index contributed by atoms with van der Waals surface area (Å²) < 4.78 is 5.51. The van der Waals surface area contributed by atoms with Gasteiger partial charge in [-0.15, -0.1) is 11.3 Å². The summed E-state index contributed by atoms with van der Waals surface area (Å²) in [6.07, 6.45) is 7.25. The van der Waals surface area contributed by atoms with Crippen molar-refractivity contribution in [3.63, 3.8) is 0 Å². The predicted molar refractivity (Wildman–Crippen MR) is 80.8 cm³/mol. The molecule has 1 heterocycles. The van der Waals surface area contributed by atoms with Gasteiger partial charge in [-0.25, -0.2) is 0 Å². The van der Waals surface area contributed by atoms with E-state index in [4.69, 9.17) is 4.74 Å². The second kappa shape index (κ2) is 5.84. The SMILES string of the molecule is CCNC(CC1CC2CCC1C2)c1sccc1OC. The minimum Gasteiger partial charge on any atom is -0.496 e. The van der Waals surface area contributed by atoms with Gasteiger partial charge >= 0.3 is 0 Å². The number of nitrogens with one attached hydrogen (secondary N) is 1. The van der Waals surface area contributed by atoms with Crippen LogP contribution in [0.15, 0.2) is 11.4 Å². The van der Waals surface area contributed by atoms with Crippen LogP contribution in [-0.2, 0) is 0 Å². The fourth-order valence-corrected chi connectivity index (χ4v) is 5.18. The number of methoxy groups -OCH3 is 1. The number of thiophene rings is 1. The third-order valence-corrected chi connectivity index (χ3v) is 6.08. The second-order valence-electron chi connectivity index (χ2n) is 6.13. The topological polar surface area (TPSA) is 21.3 Å². The molecule has 3 rings (SSSR count). The van der Waals surface area contributed by atoms with Crippen molar-refractivity contribution in [2.45, 2.75) is 45.1 Å². The Labute approximate surface area is 120 Å². The van der Waals surface area contributed by atoms with Crippen molar-refractivity contribution in [2.24, 2.45) is 17.8 Å². The van der Waals surface area contributed by atoms with E-state index in [0.29, 0.717) is 6.04 Å². The van der Waals surface area contributed by atoms with E-state index in [1.807, 2.05) is 11.3 Å². The van der Waals surface area contributed by atoms with Crippen molar-refractivity contribution in [3.8, 4) is 5.75 Å². The van der Waals surface area contributed by atoms with Gasteiger partial charge in [-0.2, -0.15) is 0 Å². The molecule has 0 spiro atoms. The van der Waals surface area contributed by atoms with Crippen LogP contribution in [0.1, 0.15) is 49.9 Å². The number of hydrogen-bond donors (Lipinski definition) is 1. The molecule has 1 aromatic rings. The van der Waals surface area contributed by atoms with E-state index in [1.165, 1.54) is 37.0 Å². The lowest BCUT2D eigenvalue weighted by Crippen LogP contribution is -2.25. The van der Waals surface area contributed by atoms with Gasteiger partial charge in [0.2, 0.25) is 0 Å². The first-order valence-corrected chi connectivity index (χ1v) is 8.54. The number of hydrogen-bond acceptors (Lipinski definition) is 3. The summed E-state index contributed by atoms with van der Waals surface area (Å²) in [5, 5.41) is 5.83. The first-order chi connectivity index (χ1) is 9.31. The second-order valence-corrected chi connectivity index (χ2v) is 7.08. The Morgan fingerprint density at radius 2 is 2.32 bits per heavy atom. The highest BCUT2D eigenvalue weighted by molar-refractivity contribution is 7.10. The molecule has 2 aliphatic carbocycles. The van der Waals surface area contributed by atoms with Gasteiger partial charge in [-0.05, 0) is 61.4 Å². The zero-order chi connectivity index (χ0) is 13.2. The molecule has 3 heteroatoms. The van der Waals surface area contributed by atoms with Crippen molar-refractivity contribution < 1.29 is 4.74 Å². The lowest BCUT2D eigenvalue weighted by atomic mass is 9.84. The first kappa shape index (κ1) is 13.4. The molecule has 0 saturated heterocycles. The molecule has 0 amide bonds. The van der Waals surface area contributed by atoms with Crippen LogP contribution in [0, 0.1) is 17.8 Å². The summed E-state index contributed by atoms with van der Waals surface area (Å²) in [4.78, 5) is 1.40. The van der Waals surface area contributed by atoms with Crippen LogP contribution in [0.25, 0.3) is 0 Å². The Bertz CT molecular complexity index is 417. The van der Waals surface area contributed by atoms with E-state index in [9.17, 15) is 0 Å². The Hall–Kier alpha value is -0.540. The zero-order valence-electron chi connectivity index (χ0n) is 12.0. The Balaban J connectivity index is 1.70. The standard InChI is InChI=1S/C16H25NOS/c1-3-17-14(16-15(18-2)6-7-19-16)10-13-9-11-4-5-12(13)8-11/h6-7,11-14,17H,3-5,8-10H2,1-2H3. The minimum atomic E-state index is 0.490. The third kappa shape index (κ3) is 2.68. The molecule has 1 N–H and O–H groups in total. The summed E-state index contributed by atoms with van der Waals surface area (Å²) >= 11 is 1.84. The fourth-order valence-electron chi connectivity index (χ4n) is 4.23. The molecule has 2 nitrogen and oxygen atoms in total. The van der Waals surface area contributed by atoms with Gasteiger partial charge in [-0.3, -0.25) is 0 Å². The van der Waals surface area contributed by atoms with Gasteiger partial charge < -0.3 is 10.1 Å². The van der Waals surface area contributed by atoms with Crippen LogP contribution in [0.5, 0.6) is 5.75 Å². The van der Waals surface area contributed by atoms with E-state index >= 15 is 0 Å². The van der Waals surface area contributed by atoms with E-state index in [2.05, 4.69) is 23.7 Å². The molecule has 0 aromatic carbocycles. The molecule has 19 heavy (non-hydrogen) atoms. The molecule has 4 unspecified atom stereocenters. The molecule has 2 aliphatic rings. The van der Waals surface area contributed by atoms with Gasteiger partial charge in [0.25, 0.3) is 0 Å². The fraction of sp³-hybridized carbons (Fsp3) is 0.750. The summed E-state index contributed by atoms with van der Waals surface area (Å²) in [6, 6.07) is 2.59. The summed E-state index contributed by atoms with van der Waals surface area (Å²) in [5.74, 6) is 4.06. The predicted octanol–water partition coefficient (Wildman–Crippen LogP) is 4.23. The lowest BCUT2D eigenvalue weighted by molar-refractivity contribution is 0.279. The molecular weight excluding hydrogens is 254 g/mol. The number of fused-ring (bicyclic) bond motifs is 2. The maximum atomic E-state index is 5.51. The smallest absolute Gasteiger partial charge is 0.134 e. The van der Waals surface area contributed by atoms with Gasteiger partial charge in [0.1, 0.15) is 5.75 Å². The quantitative estimate of drug-likeness (QED) is 0.841. The van der Waals surface area contributed by atoms with Crippen LogP contribution < -0.4 is 10.1 Å². The maximum Gasteiger partial charge on any atom is 0.134 e. The summed E-state index contributed by atoms with van der Waals surface area (Å²) in [7, 11) is 1.78. The van der Waals surface area contributed by atoms with Crippen LogP contribution in [0.2, 0.25) is 0 Å². The highest BCUT2D eigenvalue weighted by Crippen LogP contribution is 2.51. The van der Waals surface area contributed by atoms with Gasteiger partial charge in [0.15, 0.2) is 0 Å². The van der Waals surface area contributed by atoms with Crippen molar-refractivity contribution >= 4 is 11.3 Å². The largest absolute Gasteiger partial charge is 0.496 e. The molecular formula is C16H25NOS. The van der Waals surface area contributed by atoms with Crippen LogP contribution >= 0.6 is 11.3 Å². The lowest BCUT2D eigenvalue weighted by Gasteiger charge is -2.27. The van der Waals surface area contributed by atoms with Crippen molar-refractivity contribution in [3.05, 3.63) is 16.3 Å². The van der Waals surface area contributed by atoms with Gasteiger partial charge in [0.05, 0.1) is 12.0 Å². The van der Waals surface area contributed by atoms with Crippen LogP contribution in [0.4, 0.5) is 0 Å². The maximum absolute atomic E-state index is 5.51. The summed E-state index contributed by atoms with van der Waals surface area (Å²) in [6.45, 7) is 3.24. The van der Waals surface area contributed by atoms with E-state index in [0.717, 1.165) is 30.0 Å². The normalized spacial score (nSPS) is 30.7. The third-order valence-electron chi connectivity index (χ3n) is 5.07. The summed E-state index contributed by atoms with van der Waals surface area (Å²) in [5.41, 5.74) is 0. The van der Waals surface area contributed by atoms with Crippen molar-refractivity contribution in [1.29, 1.82) is 0 Å². The molecule has 0 aliphatic heterocycles. The molecule has 2 bridgehead atoms. The Morgan fingerprint density at radius 1 is 1.42 bits per heavy atom. The molecule has 1 aromatic heterocycles. The van der Waals surface area contributed by atoms with Crippen LogP contribution in [0.3, 0.4) is 0 Å². The molecule has 0 radical (unpaired) electrons. The van der Waals surface area contributed by atoms with Gasteiger partial charge in [-0.1, -0.05) is 13.3 Å². The van der Waals surface area contributed by atoms with E-state index in [1.54, 1.807) is 7.11 Å². The highest BCUT2D eigenvalue weighted by Gasteiger charge is 2.40. The number of ether oxygens (including phenoxy) is 1. The van der Waals surface area contributed by atoms with E-state index in [-0.39, 0.29) is 0 Å². The van der Waals surface area contributed by atoms with Crippen molar-refractivity contribution in [2.75, 3.05) is 13.7 Å². The van der Waals surface area contributed by atoms with Gasteiger partial charge in [0, 0.05) is 6.04 Å². The Morgan fingerprint density at radius 3 is 2.95 bits per heavy atom. The molecule has 106 valence electrons. The zero-order valence-corrected chi connectivity index (χ0v) is 12.8. The average Bonchev–Trinajstić information content (AvgIpc) is 3.13. The average molecular weight is 279 g/mol. The molecule has 4 atom stereocenters. The monoisotopic (exact) mass is 279 g/mol. The van der Waals surface area contributed by atoms with Crippen LogP contribution in [-0.4, -0.2) is 13.7 Å². The number of rotatable bonds is 6. The minimum absolute atomic E-state index is 0.490. The Kier molecular flexibility index (Phi) is 4.13. The van der Waals surface area contributed by atoms with Crippen molar-refractivity contribution in [1.82, 2.24) is 5.32 Å². The molecule has 2 saturated carbocycles. The van der Waals surface area contributed by atoms with E-state index < -0.39 is 0 Å². The highest BCUT2D eigenvalue weighted by atomic mass is 32.1. The molecule has 2 fully saturated rings.